The first-order valence-corrected chi connectivity index (χ1v) is 5.24. The van der Waals surface area contributed by atoms with Crippen molar-refractivity contribution in [2.75, 3.05) is 23.7 Å². The molecule has 0 fully saturated rings. The quantitative estimate of drug-likeness (QED) is 0.887. The van der Waals surface area contributed by atoms with Crippen molar-refractivity contribution in [1.82, 2.24) is 9.97 Å². The monoisotopic (exact) mass is 248 g/mol. The highest BCUT2D eigenvalue weighted by Crippen LogP contribution is 2.24. The van der Waals surface area contributed by atoms with Gasteiger partial charge >= 0.3 is 6.18 Å². The standard InChI is InChI=1S/C10H15F3N4/c1-3-4-17(5-10(11,12)13)9-7(2)8(14)15-6-16-9/h6H,3-5H2,1-2H3,(H2,14,15,16). The summed E-state index contributed by atoms with van der Waals surface area (Å²) in [5.74, 6) is 0.454. The molecule has 0 aliphatic carbocycles. The molecule has 4 nitrogen and oxygen atoms in total. The van der Waals surface area contributed by atoms with Gasteiger partial charge in [-0.2, -0.15) is 13.2 Å². The highest BCUT2D eigenvalue weighted by atomic mass is 19.4. The maximum absolute atomic E-state index is 12.4. The van der Waals surface area contributed by atoms with Gasteiger partial charge in [0.2, 0.25) is 0 Å². The van der Waals surface area contributed by atoms with Crippen LogP contribution in [0.4, 0.5) is 24.8 Å². The lowest BCUT2D eigenvalue weighted by Gasteiger charge is -2.25. The van der Waals surface area contributed by atoms with Crippen LogP contribution in [-0.4, -0.2) is 29.2 Å². The molecule has 0 amide bonds. The molecule has 0 aromatic carbocycles. The summed E-state index contributed by atoms with van der Waals surface area (Å²) >= 11 is 0. The van der Waals surface area contributed by atoms with E-state index in [2.05, 4.69) is 9.97 Å². The van der Waals surface area contributed by atoms with Crippen molar-refractivity contribution in [2.24, 2.45) is 0 Å². The summed E-state index contributed by atoms with van der Waals surface area (Å²) in [7, 11) is 0. The van der Waals surface area contributed by atoms with Crippen LogP contribution in [0.2, 0.25) is 0 Å². The molecule has 0 spiro atoms. The van der Waals surface area contributed by atoms with Gasteiger partial charge < -0.3 is 10.6 Å². The van der Waals surface area contributed by atoms with Gasteiger partial charge in [0, 0.05) is 12.1 Å². The zero-order valence-corrected chi connectivity index (χ0v) is 9.75. The highest BCUT2D eigenvalue weighted by molar-refractivity contribution is 5.55. The van der Waals surface area contributed by atoms with Gasteiger partial charge in [0.05, 0.1) is 0 Å². The van der Waals surface area contributed by atoms with E-state index < -0.39 is 12.7 Å². The van der Waals surface area contributed by atoms with Gasteiger partial charge in [-0.1, -0.05) is 6.92 Å². The van der Waals surface area contributed by atoms with E-state index in [1.54, 1.807) is 6.92 Å². The van der Waals surface area contributed by atoms with Crippen LogP contribution in [0.3, 0.4) is 0 Å². The van der Waals surface area contributed by atoms with Crippen molar-refractivity contribution in [1.29, 1.82) is 0 Å². The molecule has 0 unspecified atom stereocenters. The van der Waals surface area contributed by atoms with Crippen molar-refractivity contribution in [3.05, 3.63) is 11.9 Å². The van der Waals surface area contributed by atoms with Gasteiger partial charge in [0.1, 0.15) is 24.5 Å². The molecule has 1 rings (SSSR count). The van der Waals surface area contributed by atoms with Gasteiger partial charge in [-0.15, -0.1) is 0 Å². The van der Waals surface area contributed by atoms with E-state index in [1.807, 2.05) is 6.92 Å². The first-order valence-electron chi connectivity index (χ1n) is 5.24. The summed E-state index contributed by atoms with van der Waals surface area (Å²) < 4.78 is 37.3. The van der Waals surface area contributed by atoms with Crippen LogP contribution >= 0.6 is 0 Å². The molecule has 1 aromatic rings. The molecule has 0 saturated heterocycles. The zero-order valence-electron chi connectivity index (χ0n) is 9.75. The molecular formula is C10H15F3N4. The van der Waals surface area contributed by atoms with Crippen LogP contribution in [0.1, 0.15) is 18.9 Å². The smallest absolute Gasteiger partial charge is 0.383 e. The minimum Gasteiger partial charge on any atom is -0.383 e. The second-order valence-corrected chi connectivity index (χ2v) is 3.74. The maximum atomic E-state index is 12.4. The summed E-state index contributed by atoms with van der Waals surface area (Å²) in [6.07, 6.45) is -2.49. The minimum atomic E-state index is -4.26. The Kier molecular flexibility index (Phi) is 4.14. The average molecular weight is 248 g/mol. The molecule has 17 heavy (non-hydrogen) atoms. The van der Waals surface area contributed by atoms with Crippen molar-refractivity contribution in [3.63, 3.8) is 0 Å². The van der Waals surface area contributed by atoms with E-state index in [9.17, 15) is 13.2 Å². The van der Waals surface area contributed by atoms with E-state index >= 15 is 0 Å². The Bertz CT molecular complexity index is 378. The molecule has 0 atom stereocenters. The van der Waals surface area contributed by atoms with Crippen LogP contribution in [0.15, 0.2) is 6.33 Å². The number of nitrogen functional groups attached to an aromatic ring is 1. The number of hydrogen-bond donors (Lipinski definition) is 1. The van der Waals surface area contributed by atoms with Crippen LogP contribution in [0.5, 0.6) is 0 Å². The van der Waals surface area contributed by atoms with E-state index in [0.29, 0.717) is 12.0 Å². The average Bonchev–Trinajstić information content (AvgIpc) is 2.19. The lowest BCUT2D eigenvalue weighted by Crippen LogP contribution is -2.36. The number of alkyl halides is 3. The molecule has 1 aromatic heterocycles. The van der Waals surface area contributed by atoms with Crippen molar-refractivity contribution in [3.8, 4) is 0 Å². The fraction of sp³-hybridized carbons (Fsp3) is 0.600. The van der Waals surface area contributed by atoms with Crippen molar-refractivity contribution in [2.45, 2.75) is 26.4 Å². The fourth-order valence-corrected chi connectivity index (χ4v) is 1.52. The van der Waals surface area contributed by atoms with Gasteiger partial charge in [-0.25, -0.2) is 9.97 Å². The maximum Gasteiger partial charge on any atom is 0.405 e. The fourth-order valence-electron chi connectivity index (χ4n) is 1.52. The number of rotatable bonds is 4. The van der Waals surface area contributed by atoms with Crippen LogP contribution in [-0.2, 0) is 0 Å². The number of hydrogen-bond acceptors (Lipinski definition) is 4. The molecule has 2 N–H and O–H groups in total. The first kappa shape index (κ1) is 13.5. The predicted molar refractivity (Wildman–Crippen MR) is 59.7 cm³/mol. The number of aromatic nitrogens is 2. The second-order valence-electron chi connectivity index (χ2n) is 3.74. The third-order valence-corrected chi connectivity index (χ3v) is 2.26. The summed E-state index contributed by atoms with van der Waals surface area (Å²) in [6, 6.07) is 0. The Morgan fingerprint density at radius 2 is 2.00 bits per heavy atom. The third-order valence-electron chi connectivity index (χ3n) is 2.26. The number of nitrogens with zero attached hydrogens (tertiary/aromatic N) is 3. The normalized spacial score (nSPS) is 11.6. The van der Waals surface area contributed by atoms with E-state index in [0.717, 1.165) is 0 Å². The molecule has 7 heteroatoms. The van der Waals surface area contributed by atoms with Crippen LogP contribution < -0.4 is 10.6 Å². The Morgan fingerprint density at radius 3 is 2.53 bits per heavy atom. The summed E-state index contributed by atoms with van der Waals surface area (Å²) in [4.78, 5) is 8.79. The van der Waals surface area contributed by atoms with Gasteiger partial charge in [-0.05, 0) is 13.3 Å². The molecule has 0 aliphatic rings. The summed E-state index contributed by atoms with van der Waals surface area (Å²) in [5.41, 5.74) is 6.04. The van der Waals surface area contributed by atoms with Gasteiger partial charge in [0.15, 0.2) is 0 Å². The lowest BCUT2D eigenvalue weighted by molar-refractivity contribution is -0.119. The van der Waals surface area contributed by atoms with Crippen LogP contribution in [0, 0.1) is 6.92 Å². The van der Waals surface area contributed by atoms with Crippen molar-refractivity contribution >= 4 is 11.6 Å². The Hall–Kier alpha value is -1.53. The Labute approximate surface area is 97.7 Å². The topological polar surface area (TPSA) is 55.0 Å². The third kappa shape index (κ3) is 3.76. The molecular weight excluding hydrogens is 233 g/mol. The van der Waals surface area contributed by atoms with E-state index in [4.69, 9.17) is 5.73 Å². The minimum absolute atomic E-state index is 0.207. The SMILES string of the molecule is CCCN(CC(F)(F)F)c1ncnc(N)c1C. The molecule has 96 valence electrons. The van der Waals surface area contributed by atoms with E-state index in [1.165, 1.54) is 11.2 Å². The largest absolute Gasteiger partial charge is 0.405 e. The van der Waals surface area contributed by atoms with Crippen molar-refractivity contribution < 1.29 is 13.2 Å². The summed E-state index contributed by atoms with van der Waals surface area (Å²) in [5, 5.41) is 0. The Morgan fingerprint density at radius 1 is 1.35 bits per heavy atom. The molecule has 1 heterocycles. The number of nitrogens with two attached hydrogens (primary N) is 1. The lowest BCUT2D eigenvalue weighted by atomic mass is 10.2. The predicted octanol–water partition coefficient (Wildman–Crippen LogP) is 2.15. The highest BCUT2D eigenvalue weighted by Gasteiger charge is 2.31. The molecule has 0 radical (unpaired) electrons. The number of anilines is 2. The Balaban J connectivity index is 3.01. The van der Waals surface area contributed by atoms with Gasteiger partial charge in [0.25, 0.3) is 0 Å². The second kappa shape index (κ2) is 5.20. The van der Waals surface area contributed by atoms with Crippen LogP contribution in [0.25, 0.3) is 0 Å². The zero-order chi connectivity index (χ0) is 13.1. The number of halogens is 3. The first-order chi connectivity index (χ1) is 7.85. The molecule has 0 bridgehead atoms. The van der Waals surface area contributed by atoms with Gasteiger partial charge in [-0.3, -0.25) is 0 Å². The molecule has 0 saturated carbocycles. The summed E-state index contributed by atoms with van der Waals surface area (Å²) in [6.45, 7) is 2.67. The van der Waals surface area contributed by atoms with E-state index in [-0.39, 0.29) is 18.2 Å². The molecule has 0 aliphatic heterocycles.